The van der Waals surface area contributed by atoms with Gasteiger partial charge >= 0.3 is 0 Å². The lowest BCUT2D eigenvalue weighted by Crippen LogP contribution is -2.61. The van der Waals surface area contributed by atoms with Crippen molar-refractivity contribution in [3.63, 3.8) is 0 Å². The van der Waals surface area contributed by atoms with Crippen LogP contribution in [0.2, 0.25) is 0 Å². The molecule has 2 N–H and O–H groups in total. The van der Waals surface area contributed by atoms with Crippen molar-refractivity contribution in [3.8, 4) is 0 Å². The van der Waals surface area contributed by atoms with E-state index >= 15 is 0 Å². The largest absolute Gasteiger partial charge is 0.380 e. The molecule has 2 heterocycles. The Hall–Kier alpha value is -0.160. The molecule has 12 heavy (non-hydrogen) atoms. The first kappa shape index (κ1) is 8.44. The molecule has 0 aromatic heterocycles. The summed E-state index contributed by atoms with van der Waals surface area (Å²) in [5.74, 6) is 5.58. The zero-order valence-electron chi connectivity index (χ0n) is 7.57. The van der Waals surface area contributed by atoms with E-state index < -0.39 is 0 Å². The number of rotatable bonds is 2. The predicted octanol–water partition coefficient (Wildman–Crippen LogP) is -0.735. The van der Waals surface area contributed by atoms with Crippen molar-refractivity contribution in [1.29, 1.82) is 0 Å². The molecule has 2 fully saturated rings. The summed E-state index contributed by atoms with van der Waals surface area (Å²) in [6.07, 6.45) is 1.63. The highest BCUT2D eigenvalue weighted by Gasteiger charge is 2.34. The van der Waals surface area contributed by atoms with Gasteiger partial charge in [-0.3, -0.25) is 10.7 Å². The smallest absolute Gasteiger partial charge is 0.0710 e. The van der Waals surface area contributed by atoms with Gasteiger partial charge in [0.05, 0.1) is 6.10 Å². The minimum Gasteiger partial charge on any atom is -0.380 e. The Morgan fingerprint density at radius 2 is 2.08 bits per heavy atom. The van der Waals surface area contributed by atoms with E-state index in [1.165, 1.54) is 13.0 Å². The van der Waals surface area contributed by atoms with Crippen LogP contribution >= 0.6 is 0 Å². The first-order chi connectivity index (χ1) is 5.79. The molecular formula is C8H17N3O. The predicted molar refractivity (Wildman–Crippen MR) is 46.5 cm³/mol. The molecule has 4 nitrogen and oxygen atoms in total. The first-order valence-corrected chi connectivity index (χ1v) is 4.56. The number of nitrogens with two attached hydrogens (primary N) is 1. The van der Waals surface area contributed by atoms with E-state index in [0.717, 1.165) is 19.6 Å². The van der Waals surface area contributed by atoms with E-state index in [-0.39, 0.29) is 0 Å². The fourth-order valence-corrected chi connectivity index (χ4v) is 2.00. The van der Waals surface area contributed by atoms with Crippen LogP contribution < -0.4 is 5.84 Å². The Bertz CT molecular complexity index is 158. The molecule has 2 rings (SSSR count). The number of hydrazine groups is 1. The molecule has 2 saturated heterocycles. The van der Waals surface area contributed by atoms with Gasteiger partial charge in [0, 0.05) is 39.3 Å². The lowest BCUT2D eigenvalue weighted by atomic mass is 10.1. The van der Waals surface area contributed by atoms with Crippen molar-refractivity contribution in [3.05, 3.63) is 0 Å². The molecule has 0 bridgehead atoms. The minimum absolute atomic E-state index is 0.455. The van der Waals surface area contributed by atoms with Crippen molar-refractivity contribution >= 4 is 0 Å². The number of methoxy groups -OCH3 is 1. The third-order valence-corrected chi connectivity index (χ3v) is 2.92. The van der Waals surface area contributed by atoms with Gasteiger partial charge in [-0.2, -0.15) is 0 Å². The summed E-state index contributed by atoms with van der Waals surface area (Å²) >= 11 is 0. The van der Waals surface area contributed by atoms with Crippen LogP contribution in [0.4, 0.5) is 0 Å². The number of nitrogens with zero attached hydrogens (tertiary/aromatic N) is 2. The SMILES string of the molecule is COC1CCN(C2CN(N)C2)C1. The van der Waals surface area contributed by atoms with Crippen molar-refractivity contribution in [2.75, 3.05) is 33.3 Å². The summed E-state index contributed by atoms with van der Waals surface area (Å²) in [6, 6.07) is 0.690. The highest BCUT2D eigenvalue weighted by molar-refractivity contribution is 4.89. The zero-order chi connectivity index (χ0) is 8.55. The van der Waals surface area contributed by atoms with Gasteiger partial charge in [-0.15, -0.1) is 0 Å². The molecule has 0 aromatic carbocycles. The maximum Gasteiger partial charge on any atom is 0.0710 e. The second kappa shape index (κ2) is 3.30. The van der Waals surface area contributed by atoms with Crippen LogP contribution in [-0.4, -0.2) is 55.3 Å². The van der Waals surface area contributed by atoms with Crippen LogP contribution in [0.25, 0.3) is 0 Å². The Morgan fingerprint density at radius 3 is 2.58 bits per heavy atom. The summed E-state index contributed by atoms with van der Waals surface area (Å²) in [7, 11) is 1.80. The second-order valence-electron chi connectivity index (χ2n) is 3.75. The van der Waals surface area contributed by atoms with Crippen LogP contribution in [-0.2, 0) is 4.74 Å². The highest BCUT2D eigenvalue weighted by atomic mass is 16.5. The Morgan fingerprint density at radius 1 is 1.33 bits per heavy atom. The third-order valence-electron chi connectivity index (χ3n) is 2.92. The van der Waals surface area contributed by atoms with Crippen molar-refractivity contribution < 1.29 is 4.74 Å². The summed E-state index contributed by atoms with van der Waals surface area (Å²) in [6.45, 7) is 4.32. The number of hydrogen-bond donors (Lipinski definition) is 1. The average Bonchev–Trinajstić information content (AvgIpc) is 2.46. The van der Waals surface area contributed by atoms with E-state index in [1.54, 1.807) is 7.11 Å². The van der Waals surface area contributed by atoms with Crippen LogP contribution in [0.3, 0.4) is 0 Å². The number of likely N-dealkylation sites (tertiary alicyclic amines) is 1. The molecule has 0 aromatic rings. The highest BCUT2D eigenvalue weighted by Crippen LogP contribution is 2.19. The van der Waals surface area contributed by atoms with Crippen LogP contribution in [0, 0.1) is 0 Å². The average molecular weight is 171 g/mol. The summed E-state index contributed by atoms with van der Waals surface area (Å²) in [5.41, 5.74) is 0. The molecule has 1 atom stereocenters. The van der Waals surface area contributed by atoms with Crippen LogP contribution in [0.5, 0.6) is 0 Å². The molecule has 0 spiro atoms. The van der Waals surface area contributed by atoms with Crippen molar-refractivity contribution in [2.45, 2.75) is 18.6 Å². The third kappa shape index (κ3) is 1.47. The maximum atomic E-state index is 5.58. The molecular weight excluding hydrogens is 154 g/mol. The molecule has 4 heteroatoms. The number of ether oxygens (including phenoxy) is 1. The van der Waals surface area contributed by atoms with Gasteiger partial charge in [0.15, 0.2) is 0 Å². The van der Waals surface area contributed by atoms with Gasteiger partial charge in [-0.05, 0) is 6.42 Å². The standard InChI is InChI=1S/C8H17N3O/c1-12-8-2-3-10(6-8)7-4-11(9)5-7/h7-8H,2-6,9H2,1H3. The molecule has 1 unspecified atom stereocenters. The maximum absolute atomic E-state index is 5.58. The topological polar surface area (TPSA) is 41.7 Å². The van der Waals surface area contributed by atoms with Gasteiger partial charge < -0.3 is 4.74 Å². The zero-order valence-corrected chi connectivity index (χ0v) is 7.57. The van der Waals surface area contributed by atoms with Gasteiger partial charge in [-0.25, -0.2) is 5.01 Å². The normalized spacial score (nSPS) is 34.0. The van der Waals surface area contributed by atoms with Gasteiger partial charge in [-0.1, -0.05) is 0 Å². The fourth-order valence-electron chi connectivity index (χ4n) is 2.00. The quantitative estimate of drug-likeness (QED) is 0.556. The Kier molecular flexibility index (Phi) is 2.32. The molecule has 70 valence electrons. The lowest BCUT2D eigenvalue weighted by molar-refractivity contribution is 0.0337. The minimum atomic E-state index is 0.455. The van der Waals surface area contributed by atoms with E-state index in [1.807, 2.05) is 5.01 Å². The Balaban J connectivity index is 1.76. The first-order valence-electron chi connectivity index (χ1n) is 4.56. The monoisotopic (exact) mass is 171 g/mol. The second-order valence-corrected chi connectivity index (χ2v) is 3.75. The van der Waals surface area contributed by atoms with E-state index in [4.69, 9.17) is 10.6 Å². The van der Waals surface area contributed by atoms with Gasteiger partial charge in [0.1, 0.15) is 0 Å². The van der Waals surface area contributed by atoms with E-state index in [0.29, 0.717) is 12.1 Å². The number of hydrogen-bond acceptors (Lipinski definition) is 4. The van der Waals surface area contributed by atoms with E-state index in [9.17, 15) is 0 Å². The van der Waals surface area contributed by atoms with Crippen molar-refractivity contribution in [1.82, 2.24) is 9.91 Å². The van der Waals surface area contributed by atoms with Gasteiger partial charge in [0.25, 0.3) is 0 Å². The molecule has 0 saturated carbocycles. The van der Waals surface area contributed by atoms with Gasteiger partial charge in [0.2, 0.25) is 0 Å². The molecule has 2 aliphatic heterocycles. The molecule has 0 amide bonds. The molecule has 0 radical (unpaired) electrons. The fraction of sp³-hybridized carbons (Fsp3) is 1.00. The van der Waals surface area contributed by atoms with E-state index in [2.05, 4.69) is 4.90 Å². The summed E-state index contributed by atoms with van der Waals surface area (Å²) < 4.78 is 5.30. The molecule has 2 aliphatic rings. The van der Waals surface area contributed by atoms with Crippen molar-refractivity contribution in [2.24, 2.45) is 5.84 Å². The Labute approximate surface area is 73.2 Å². The van der Waals surface area contributed by atoms with Crippen LogP contribution in [0.15, 0.2) is 0 Å². The summed E-state index contributed by atoms with van der Waals surface area (Å²) in [4.78, 5) is 2.48. The molecule has 0 aliphatic carbocycles. The van der Waals surface area contributed by atoms with Crippen LogP contribution in [0.1, 0.15) is 6.42 Å². The summed E-state index contributed by atoms with van der Waals surface area (Å²) in [5, 5.41) is 1.87. The lowest BCUT2D eigenvalue weighted by Gasteiger charge is -2.41.